The van der Waals surface area contributed by atoms with Gasteiger partial charge in [0.1, 0.15) is 36.9 Å². The molecule has 0 bridgehead atoms. The zero-order valence-electron chi connectivity index (χ0n) is 26.0. The van der Waals surface area contributed by atoms with Crippen LogP contribution in [0, 0.1) is 0 Å². The molecule has 3 aromatic carbocycles. The summed E-state index contributed by atoms with van der Waals surface area (Å²) in [5.74, 6) is 1.43. The third kappa shape index (κ3) is 11.7. The number of aliphatic hydroxyl groups excluding tert-OH is 2. The Morgan fingerprint density at radius 3 is 1.17 bits per heavy atom. The van der Waals surface area contributed by atoms with Crippen molar-refractivity contribution in [2.45, 2.75) is 103 Å². The smallest absolute Gasteiger partial charge is 0.135 e. The van der Waals surface area contributed by atoms with Crippen LogP contribution in [0.3, 0.4) is 0 Å². The molecule has 0 aromatic heterocycles. The van der Waals surface area contributed by atoms with Crippen LogP contribution < -0.4 is 9.47 Å². The average Bonchev–Trinajstić information content (AvgIpc) is 3.01. The van der Waals surface area contributed by atoms with Gasteiger partial charge in [-0.2, -0.15) is 0 Å². The highest BCUT2D eigenvalue weighted by Crippen LogP contribution is 2.42. The second kappa shape index (κ2) is 20.5. The quantitative estimate of drug-likeness (QED) is 0.0818. The van der Waals surface area contributed by atoms with E-state index in [-0.39, 0.29) is 26.4 Å². The first kappa shape index (κ1) is 34.1. The molecule has 2 atom stereocenters. The first-order valence-electron chi connectivity index (χ1n) is 16.4. The summed E-state index contributed by atoms with van der Waals surface area (Å²) < 4.78 is 23.9. The molecule has 42 heavy (non-hydrogen) atoms. The summed E-state index contributed by atoms with van der Waals surface area (Å²) in [6.45, 7) is 6.56. The predicted octanol–water partition coefficient (Wildman–Crippen LogP) is 8.23. The lowest BCUT2D eigenvalue weighted by molar-refractivity contribution is 0.0111. The van der Waals surface area contributed by atoms with Crippen molar-refractivity contribution in [1.82, 2.24) is 0 Å². The molecule has 0 aliphatic heterocycles. The Bertz CT molecular complexity index is 988. The molecule has 2 unspecified atom stereocenters. The van der Waals surface area contributed by atoms with E-state index in [1.165, 1.54) is 64.2 Å². The van der Waals surface area contributed by atoms with Crippen LogP contribution in [-0.2, 0) is 9.47 Å². The first-order chi connectivity index (χ1) is 20.7. The van der Waals surface area contributed by atoms with Crippen molar-refractivity contribution in [2.24, 2.45) is 0 Å². The fraction of sp³-hybridized carbons (Fsp3) is 0.611. The summed E-state index contributed by atoms with van der Waals surface area (Å²) in [5.41, 5.74) is 0. The van der Waals surface area contributed by atoms with Gasteiger partial charge in [-0.15, -0.1) is 0 Å². The molecule has 0 saturated carbocycles. The molecule has 3 aromatic rings. The Hall–Kier alpha value is -2.38. The molecular formula is C36H54O6. The lowest BCUT2D eigenvalue weighted by Crippen LogP contribution is -2.24. The van der Waals surface area contributed by atoms with Crippen molar-refractivity contribution in [3.63, 3.8) is 0 Å². The molecule has 0 spiro atoms. The number of unbranched alkanes of at least 4 members (excludes halogenated alkanes) is 10. The molecule has 0 radical (unpaired) electrons. The SMILES string of the molecule is CCCCCCCCOCC(O)COc1c2ccccc2c(OCC(O)COCCCCCCCC)c2ccccc12. The molecule has 0 fully saturated rings. The Balaban J connectivity index is 1.55. The van der Waals surface area contributed by atoms with Crippen LogP contribution in [-0.4, -0.2) is 62.1 Å². The molecule has 234 valence electrons. The van der Waals surface area contributed by atoms with E-state index in [0.29, 0.717) is 24.7 Å². The number of rotatable bonds is 24. The van der Waals surface area contributed by atoms with Crippen LogP contribution in [0.15, 0.2) is 48.5 Å². The largest absolute Gasteiger partial charge is 0.489 e. The fourth-order valence-electron chi connectivity index (χ4n) is 5.22. The van der Waals surface area contributed by atoms with E-state index in [0.717, 1.165) is 34.4 Å². The van der Waals surface area contributed by atoms with Crippen molar-refractivity contribution < 1.29 is 29.2 Å². The number of fused-ring (bicyclic) bond motifs is 2. The van der Waals surface area contributed by atoms with Crippen LogP contribution in [0.4, 0.5) is 0 Å². The van der Waals surface area contributed by atoms with Gasteiger partial charge in [-0.1, -0.05) is 127 Å². The van der Waals surface area contributed by atoms with Gasteiger partial charge in [-0.3, -0.25) is 0 Å². The lowest BCUT2D eigenvalue weighted by atomic mass is 10.0. The van der Waals surface area contributed by atoms with Crippen molar-refractivity contribution in [3.8, 4) is 11.5 Å². The highest BCUT2D eigenvalue weighted by Gasteiger charge is 2.18. The molecule has 0 saturated heterocycles. The minimum atomic E-state index is -0.718. The molecule has 3 rings (SSSR count). The van der Waals surface area contributed by atoms with E-state index in [9.17, 15) is 10.2 Å². The van der Waals surface area contributed by atoms with Gasteiger partial charge < -0.3 is 29.2 Å². The molecule has 0 aliphatic carbocycles. The van der Waals surface area contributed by atoms with E-state index in [4.69, 9.17) is 18.9 Å². The first-order valence-corrected chi connectivity index (χ1v) is 16.4. The number of benzene rings is 3. The third-order valence-electron chi connectivity index (χ3n) is 7.58. The fourth-order valence-corrected chi connectivity index (χ4v) is 5.22. The number of ether oxygens (including phenoxy) is 4. The monoisotopic (exact) mass is 582 g/mol. The van der Waals surface area contributed by atoms with E-state index in [2.05, 4.69) is 13.8 Å². The zero-order valence-corrected chi connectivity index (χ0v) is 26.0. The van der Waals surface area contributed by atoms with Gasteiger partial charge in [0.2, 0.25) is 0 Å². The second-order valence-electron chi connectivity index (χ2n) is 11.4. The Morgan fingerprint density at radius 1 is 0.476 bits per heavy atom. The topological polar surface area (TPSA) is 77.4 Å². The molecular weight excluding hydrogens is 528 g/mol. The summed E-state index contributed by atoms with van der Waals surface area (Å²) in [4.78, 5) is 0. The summed E-state index contributed by atoms with van der Waals surface area (Å²) >= 11 is 0. The van der Waals surface area contributed by atoms with Crippen molar-refractivity contribution in [2.75, 3.05) is 39.6 Å². The van der Waals surface area contributed by atoms with Crippen LogP contribution in [0.25, 0.3) is 21.5 Å². The number of hydrogen-bond acceptors (Lipinski definition) is 6. The molecule has 2 N–H and O–H groups in total. The van der Waals surface area contributed by atoms with Crippen LogP contribution in [0.5, 0.6) is 11.5 Å². The number of aliphatic hydroxyl groups is 2. The van der Waals surface area contributed by atoms with Gasteiger partial charge in [0.05, 0.1) is 13.2 Å². The van der Waals surface area contributed by atoms with Crippen LogP contribution >= 0.6 is 0 Å². The van der Waals surface area contributed by atoms with Crippen molar-refractivity contribution in [3.05, 3.63) is 48.5 Å². The standard InChI is InChI=1S/C36H54O6/c1-3-5-7-9-11-17-23-39-25-29(37)27-41-35-31-19-13-15-21-33(31)36(34-22-16-14-20-32(34)35)42-28-30(38)26-40-24-18-12-10-8-6-4-2/h13-16,19-22,29-30,37-38H,3-12,17-18,23-28H2,1-2H3. The second-order valence-corrected chi connectivity index (χ2v) is 11.4. The van der Waals surface area contributed by atoms with E-state index < -0.39 is 12.2 Å². The van der Waals surface area contributed by atoms with E-state index in [1.54, 1.807) is 0 Å². The maximum atomic E-state index is 10.6. The minimum absolute atomic E-state index is 0.138. The van der Waals surface area contributed by atoms with E-state index >= 15 is 0 Å². The van der Waals surface area contributed by atoms with Gasteiger partial charge in [-0.05, 0) is 12.8 Å². The lowest BCUT2D eigenvalue weighted by Gasteiger charge is -2.20. The predicted molar refractivity (Wildman–Crippen MR) is 173 cm³/mol. The highest BCUT2D eigenvalue weighted by atomic mass is 16.5. The van der Waals surface area contributed by atoms with Crippen LogP contribution in [0.2, 0.25) is 0 Å². The van der Waals surface area contributed by atoms with Gasteiger partial charge >= 0.3 is 0 Å². The maximum absolute atomic E-state index is 10.6. The maximum Gasteiger partial charge on any atom is 0.135 e. The summed E-state index contributed by atoms with van der Waals surface area (Å²) in [7, 11) is 0. The molecule has 0 amide bonds. The van der Waals surface area contributed by atoms with Gasteiger partial charge in [0.15, 0.2) is 0 Å². The van der Waals surface area contributed by atoms with Crippen molar-refractivity contribution >= 4 is 21.5 Å². The summed E-state index contributed by atoms with van der Waals surface area (Å²) in [6, 6.07) is 15.9. The van der Waals surface area contributed by atoms with Gasteiger partial charge in [0, 0.05) is 34.8 Å². The highest BCUT2D eigenvalue weighted by molar-refractivity contribution is 6.11. The Labute approximate surface area is 253 Å². The number of hydrogen-bond donors (Lipinski definition) is 2. The van der Waals surface area contributed by atoms with E-state index in [1.807, 2.05) is 48.5 Å². The Kier molecular flexibility index (Phi) is 16.7. The normalized spacial score (nSPS) is 13.0. The average molecular weight is 583 g/mol. The summed E-state index contributed by atoms with van der Waals surface area (Å²) in [6.07, 6.45) is 13.1. The van der Waals surface area contributed by atoms with Gasteiger partial charge in [-0.25, -0.2) is 0 Å². The molecule has 6 nitrogen and oxygen atoms in total. The third-order valence-corrected chi connectivity index (χ3v) is 7.58. The molecule has 0 heterocycles. The molecule has 0 aliphatic rings. The zero-order chi connectivity index (χ0) is 29.8. The van der Waals surface area contributed by atoms with Gasteiger partial charge in [0.25, 0.3) is 0 Å². The van der Waals surface area contributed by atoms with Crippen molar-refractivity contribution in [1.29, 1.82) is 0 Å². The minimum Gasteiger partial charge on any atom is -0.489 e. The summed E-state index contributed by atoms with van der Waals surface area (Å²) in [5, 5.41) is 24.7. The molecule has 6 heteroatoms. The Morgan fingerprint density at radius 2 is 0.810 bits per heavy atom. The van der Waals surface area contributed by atoms with Crippen LogP contribution in [0.1, 0.15) is 90.9 Å².